The molecular weight excluding hydrogens is 242 g/mol. The number of rotatable bonds is 2. The summed E-state index contributed by atoms with van der Waals surface area (Å²) in [6.07, 6.45) is 2.90. The first kappa shape index (κ1) is 9.90. The summed E-state index contributed by atoms with van der Waals surface area (Å²) in [5.74, 6) is 1.84. The van der Waals surface area contributed by atoms with Crippen molar-refractivity contribution in [1.29, 1.82) is 0 Å². The van der Waals surface area contributed by atoms with E-state index in [9.17, 15) is 0 Å². The fraction of sp³-hybridized carbons (Fsp3) is 0.600. The first-order valence-electron chi connectivity index (χ1n) is 4.89. The summed E-state index contributed by atoms with van der Waals surface area (Å²) in [5, 5.41) is 1.09. The SMILES string of the molecule is Cc1cc(N2CCC(CBr)C2)ncn1. The van der Waals surface area contributed by atoms with Crippen LogP contribution >= 0.6 is 15.9 Å². The lowest BCUT2D eigenvalue weighted by atomic mass is 10.2. The van der Waals surface area contributed by atoms with Crippen molar-refractivity contribution >= 4 is 21.7 Å². The van der Waals surface area contributed by atoms with E-state index in [1.807, 2.05) is 6.92 Å². The molecule has 2 heterocycles. The van der Waals surface area contributed by atoms with Gasteiger partial charge in [0.2, 0.25) is 0 Å². The first-order chi connectivity index (χ1) is 6.79. The van der Waals surface area contributed by atoms with E-state index in [1.54, 1.807) is 6.33 Å². The Morgan fingerprint density at radius 1 is 1.57 bits per heavy atom. The second-order valence-corrected chi connectivity index (χ2v) is 4.42. The van der Waals surface area contributed by atoms with Crippen LogP contribution in [0.15, 0.2) is 12.4 Å². The highest BCUT2D eigenvalue weighted by molar-refractivity contribution is 9.09. The van der Waals surface area contributed by atoms with Crippen molar-refractivity contribution in [3.8, 4) is 0 Å². The van der Waals surface area contributed by atoms with E-state index in [1.165, 1.54) is 6.42 Å². The van der Waals surface area contributed by atoms with Crippen molar-refractivity contribution < 1.29 is 0 Å². The van der Waals surface area contributed by atoms with Gasteiger partial charge in [0.15, 0.2) is 0 Å². The van der Waals surface area contributed by atoms with Crippen LogP contribution in [-0.2, 0) is 0 Å². The molecule has 4 heteroatoms. The van der Waals surface area contributed by atoms with Crippen LogP contribution in [0.1, 0.15) is 12.1 Å². The topological polar surface area (TPSA) is 29.0 Å². The molecule has 1 saturated heterocycles. The summed E-state index contributed by atoms with van der Waals surface area (Å²) >= 11 is 3.53. The second-order valence-electron chi connectivity index (χ2n) is 3.77. The number of hydrogen-bond donors (Lipinski definition) is 0. The summed E-state index contributed by atoms with van der Waals surface area (Å²) in [6, 6.07) is 2.05. The van der Waals surface area contributed by atoms with Gasteiger partial charge in [0.25, 0.3) is 0 Å². The predicted molar refractivity (Wildman–Crippen MR) is 60.9 cm³/mol. The molecule has 1 aromatic rings. The lowest BCUT2D eigenvalue weighted by molar-refractivity contribution is 0.675. The fourth-order valence-electron chi connectivity index (χ4n) is 1.78. The number of anilines is 1. The molecule has 1 aliphatic rings. The molecule has 2 rings (SSSR count). The van der Waals surface area contributed by atoms with Crippen LogP contribution in [0, 0.1) is 12.8 Å². The van der Waals surface area contributed by atoms with Gasteiger partial charge in [0.1, 0.15) is 12.1 Å². The summed E-state index contributed by atoms with van der Waals surface area (Å²) in [5.41, 5.74) is 1.04. The maximum Gasteiger partial charge on any atom is 0.132 e. The third kappa shape index (κ3) is 2.05. The van der Waals surface area contributed by atoms with E-state index >= 15 is 0 Å². The molecule has 0 aliphatic carbocycles. The third-order valence-corrected chi connectivity index (χ3v) is 3.53. The van der Waals surface area contributed by atoms with Crippen LogP contribution in [0.5, 0.6) is 0 Å². The van der Waals surface area contributed by atoms with Crippen LogP contribution in [0.2, 0.25) is 0 Å². The zero-order valence-electron chi connectivity index (χ0n) is 8.28. The molecule has 3 nitrogen and oxygen atoms in total. The molecule has 0 N–H and O–H groups in total. The number of aryl methyl sites for hydroxylation is 1. The predicted octanol–water partition coefficient (Wildman–Crippen LogP) is 2.01. The minimum absolute atomic E-state index is 0.769. The van der Waals surface area contributed by atoms with Gasteiger partial charge in [-0.15, -0.1) is 0 Å². The highest BCUT2D eigenvalue weighted by Gasteiger charge is 2.22. The van der Waals surface area contributed by atoms with Gasteiger partial charge in [-0.2, -0.15) is 0 Å². The summed E-state index contributed by atoms with van der Waals surface area (Å²) in [7, 11) is 0. The molecular formula is C10H14BrN3. The molecule has 1 fully saturated rings. The molecule has 76 valence electrons. The maximum absolute atomic E-state index is 4.29. The molecule has 1 aliphatic heterocycles. The minimum atomic E-state index is 0.769. The smallest absolute Gasteiger partial charge is 0.132 e. The second kappa shape index (κ2) is 4.26. The maximum atomic E-state index is 4.29. The van der Waals surface area contributed by atoms with Gasteiger partial charge in [-0.3, -0.25) is 0 Å². The van der Waals surface area contributed by atoms with Crippen molar-refractivity contribution in [1.82, 2.24) is 9.97 Å². The average molecular weight is 256 g/mol. The van der Waals surface area contributed by atoms with Crippen LogP contribution in [-0.4, -0.2) is 28.4 Å². The largest absolute Gasteiger partial charge is 0.356 e. The van der Waals surface area contributed by atoms with Gasteiger partial charge in [0.05, 0.1) is 0 Å². The minimum Gasteiger partial charge on any atom is -0.356 e. The van der Waals surface area contributed by atoms with Gasteiger partial charge in [0, 0.05) is 30.2 Å². The first-order valence-corrected chi connectivity index (χ1v) is 6.01. The quantitative estimate of drug-likeness (QED) is 0.758. The molecule has 1 aromatic heterocycles. The molecule has 1 atom stereocenters. The normalized spacial score (nSPS) is 21.6. The molecule has 1 unspecified atom stereocenters. The van der Waals surface area contributed by atoms with Crippen molar-refractivity contribution in [3.63, 3.8) is 0 Å². The van der Waals surface area contributed by atoms with Crippen molar-refractivity contribution in [2.75, 3.05) is 23.3 Å². The zero-order valence-corrected chi connectivity index (χ0v) is 9.87. The highest BCUT2D eigenvalue weighted by Crippen LogP contribution is 2.22. The number of halogens is 1. The van der Waals surface area contributed by atoms with Crippen LogP contribution in [0.25, 0.3) is 0 Å². The van der Waals surface area contributed by atoms with Crippen molar-refractivity contribution in [2.24, 2.45) is 5.92 Å². The van der Waals surface area contributed by atoms with Gasteiger partial charge in [-0.1, -0.05) is 15.9 Å². The number of nitrogens with zero attached hydrogens (tertiary/aromatic N) is 3. The number of hydrogen-bond acceptors (Lipinski definition) is 3. The Bertz CT molecular complexity index is 316. The molecule has 0 saturated carbocycles. The van der Waals surface area contributed by atoms with E-state index in [0.717, 1.165) is 35.8 Å². The zero-order chi connectivity index (χ0) is 9.97. The summed E-state index contributed by atoms with van der Waals surface area (Å²) < 4.78 is 0. The van der Waals surface area contributed by atoms with E-state index in [-0.39, 0.29) is 0 Å². The Kier molecular flexibility index (Phi) is 3.01. The molecule has 0 radical (unpaired) electrons. The van der Waals surface area contributed by atoms with E-state index in [0.29, 0.717) is 0 Å². The van der Waals surface area contributed by atoms with Crippen LogP contribution < -0.4 is 4.90 Å². The Morgan fingerprint density at radius 2 is 2.43 bits per heavy atom. The van der Waals surface area contributed by atoms with Crippen molar-refractivity contribution in [3.05, 3.63) is 18.1 Å². The van der Waals surface area contributed by atoms with E-state index in [4.69, 9.17) is 0 Å². The molecule has 0 aromatic carbocycles. The number of alkyl halides is 1. The Hall–Kier alpha value is -0.640. The highest BCUT2D eigenvalue weighted by atomic mass is 79.9. The van der Waals surface area contributed by atoms with Crippen LogP contribution in [0.3, 0.4) is 0 Å². The van der Waals surface area contributed by atoms with Crippen LogP contribution in [0.4, 0.5) is 5.82 Å². The van der Waals surface area contributed by atoms with E-state index in [2.05, 4.69) is 36.9 Å². The monoisotopic (exact) mass is 255 g/mol. The average Bonchev–Trinajstić information content (AvgIpc) is 2.66. The van der Waals surface area contributed by atoms with Gasteiger partial charge >= 0.3 is 0 Å². The Balaban J connectivity index is 2.09. The molecule has 0 spiro atoms. The Labute approximate surface area is 92.7 Å². The lowest BCUT2D eigenvalue weighted by Gasteiger charge is -2.16. The standard InChI is InChI=1S/C10H14BrN3/c1-8-4-10(13-7-12-8)14-3-2-9(5-11)6-14/h4,7,9H,2-3,5-6H2,1H3. The van der Waals surface area contributed by atoms with Gasteiger partial charge < -0.3 is 4.90 Å². The molecule has 0 bridgehead atoms. The third-order valence-electron chi connectivity index (χ3n) is 2.62. The van der Waals surface area contributed by atoms with E-state index < -0.39 is 0 Å². The lowest BCUT2D eigenvalue weighted by Crippen LogP contribution is -2.21. The summed E-state index contributed by atoms with van der Waals surface area (Å²) in [6.45, 7) is 4.23. The number of aromatic nitrogens is 2. The molecule has 14 heavy (non-hydrogen) atoms. The van der Waals surface area contributed by atoms with Crippen molar-refractivity contribution in [2.45, 2.75) is 13.3 Å². The van der Waals surface area contributed by atoms with Gasteiger partial charge in [-0.05, 0) is 19.3 Å². The fourth-order valence-corrected chi connectivity index (χ4v) is 2.31. The van der Waals surface area contributed by atoms with Gasteiger partial charge in [-0.25, -0.2) is 9.97 Å². The summed E-state index contributed by atoms with van der Waals surface area (Å²) in [4.78, 5) is 10.7. The molecule has 0 amide bonds. The Morgan fingerprint density at radius 3 is 3.07 bits per heavy atom.